The van der Waals surface area contributed by atoms with Gasteiger partial charge in [0.2, 0.25) is 5.91 Å². The lowest BCUT2D eigenvalue weighted by Crippen LogP contribution is -2.49. The molecule has 0 bridgehead atoms. The van der Waals surface area contributed by atoms with Crippen molar-refractivity contribution in [1.29, 1.82) is 0 Å². The van der Waals surface area contributed by atoms with Crippen LogP contribution in [-0.2, 0) is 4.79 Å². The summed E-state index contributed by atoms with van der Waals surface area (Å²) < 4.78 is 0. The average Bonchev–Trinajstić information content (AvgIpc) is 2.25. The van der Waals surface area contributed by atoms with E-state index in [1.807, 2.05) is 0 Å². The molecule has 3 nitrogen and oxygen atoms in total. The molecule has 1 rings (SSSR count). The molecule has 1 aliphatic rings. The van der Waals surface area contributed by atoms with Crippen LogP contribution in [-0.4, -0.2) is 25.0 Å². The topological polar surface area (TPSA) is 41.1 Å². The van der Waals surface area contributed by atoms with Gasteiger partial charge in [0.1, 0.15) is 0 Å². The van der Waals surface area contributed by atoms with Crippen LogP contribution < -0.4 is 10.6 Å². The Balaban J connectivity index is 2.26. The van der Waals surface area contributed by atoms with Gasteiger partial charge in [-0.05, 0) is 31.2 Å². The number of hydrogen-bond acceptors (Lipinski definition) is 2. The molecule has 1 fully saturated rings. The highest BCUT2D eigenvalue weighted by Gasteiger charge is 2.24. The van der Waals surface area contributed by atoms with Crippen molar-refractivity contribution >= 4 is 5.91 Å². The first-order valence-corrected chi connectivity index (χ1v) is 6.14. The predicted octanol–water partition coefficient (Wildman–Crippen LogP) is 1.54. The van der Waals surface area contributed by atoms with Crippen LogP contribution in [0.1, 0.15) is 40.0 Å². The Bertz CT molecular complexity index is 206. The molecule has 0 aromatic carbocycles. The van der Waals surface area contributed by atoms with E-state index in [0.717, 1.165) is 25.9 Å². The molecular formula is C12H24N2O. The number of piperidine rings is 1. The number of rotatable bonds is 4. The Morgan fingerprint density at radius 1 is 1.60 bits per heavy atom. The van der Waals surface area contributed by atoms with E-state index in [-0.39, 0.29) is 11.9 Å². The first kappa shape index (κ1) is 12.5. The van der Waals surface area contributed by atoms with Crippen LogP contribution in [0.25, 0.3) is 0 Å². The largest absolute Gasteiger partial charge is 0.354 e. The van der Waals surface area contributed by atoms with Gasteiger partial charge in [-0.3, -0.25) is 4.79 Å². The summed E-state index contributed by atoms with van der Waals surface area (Å²) in [4.78, 5) is 11.8. The third kappa shape index (κ3) is 4.20. The molecule has 0 aromatic heterocycles. The monoisotopic (exact) mass is 212 g/mol. The summed E-state index contributed by atoms with van der Waals surface area (Å²) >= 11 is 0. The van der Waals surface area contributed by atoms with Gasteiger partial charge >= 0.3 is 0 Å². The Hall–Kier alpha value is -0.570. The molecule has 0 radical (unpaired) electrons. The maximum absolute atomic E-state index is 11.8. The minimum absolute atomic E-state index is 0.0396. The molecule has 3 unspecified atom stereocenters. The van der Waals surface area contributed by atoms with Gasteiger partial charge in [-0.1, -0.05) is 27.2 Å². The summed E-state index contributed by atoms with van der Waals surface area (Å²) in [5, 5.41) is 6.30. The van der Waals surface area contributed by atoms with Gasteiger partial charge in [0.05, 0.1) is 6.04 Å². The molecule has 2 N–H and O–H groups in total. The van der Waals surface area contributed by atoms with E-state index in [1.165, 1.54) is 6.42 Å². The third-order valence-electron chi connectivity index (χ3n) is 3.30. The molecule has 3 heteroatoms. The number of amides is 1. The summed E-state index contributed by atoms with van der Waals surface area (Å²) in [6.07, 6.45) is 3.29. The van der Waals surface area contributed by atoms with Crippen molar-refractivity contribution in [2.45, 2.75) is 46.1 Å². The quantitative estimate of drug-likeness (QED) is 0.742. The Kier molecular flexibility index (Phi) is 5.09. The molecule has 0 aromatic rings. The van der Waals surface area contributed by atoms with Crippen LogP contribution in [0, 0.1) is 11.8 Å². The molecule has 1 saturated heterocycles. The average molecular weight is 212 g/mol. The van der Waals surface area contributed by atoms with Gasteiger partial charge in [-0.2, -0.15) is 0 Å². The molecule has 1 heterocycles. The van der Waals surface area contributed by atoms with Crippen molar-refractivity contribution in [3.05, 3.63) is 0 Å². The zero-order valence-electron chi connectivity index (χ0n) is 10.2. The van der Waals surface area contributed by atoms with E-state index in [4.69, 9.17) is 0 Å². The summed E-state index contributed by atoms with van der Waals surface area (Å²) in [7, 11) is 0. The normalized spacial score (nSPS) is 28.5. The summed E-state index contributed by atoms with van der Waals surface area (Å²) in [5.41, 5.74) is 0. The molecule has 1 amide bonds. The maximum Gasteiger partial charge on any atom is 0.237 e. The van der Waals surface area contributed by atoms with Crippen molar-refractivity contribution < 1.29 is 4.79 Å². The van der Waals surface area contributed by atoms with Gasteiger partial charge < -0.3 is 10.6 Å². The van der Waals surface area contributed by atoms with Gasteiger partial charge in [-0.25, -0.2) is 0 Å². The second-order valence-corrected chi connectivity index (χ2v) is 4.89. The molecular weight excluding hydrogens is 188 g/mol. The zero-order valence-corrected chi connectivity index (χ0v) is 10.2. The summed E-state index contributed by atoms with van der Waals surface area (Å²) in [5.74, 6) is 1.43. The molecule has 0 aliphatic carbocycles. The third-order valence-corrected chi connectivity index (χ3v) is 3.30. The van der Waals surface area contributed by atoms with E-state index in [0.29, 0.717) is 11.8 Å². The number of nitrogens with one attached hydrogen (secondary N) is 2. The van der Waals surface area contributed by atoms with Crippen LogP contribution in [0.3, 0.4) is 0 Å². The van der Waals surface area contributed by atoms with Crippen molar-refractivity contribution in [3.63, 3.8) is 0 Å². The molecule has 0 saturated carbocycles. The highest BCUT2D eigenvalue weighted by Crippen LogP contribution is 2.14. The lowest BCUT2D eigenvalue weighted by atomic mass is 9.94. The Morgan fingerprint density at radius 2 is 2.33 bits per heavy atom. The molecule has 0 spiro atoms. The van der Waals surface area contributed by atoms with E-state index in [9.17, 15) is 4.79 Å². The zero-order chi connectivity index (χ0) is 11.3. The van der Waals surface area contributed by atoms with Crippen LogP contribution in [0.15, 0.2) is 0 Å². The van der Waals surface area contributed by atoms with Crippen molar-refractivity contribution in [2.75, 3.05) is 13.1 Å². The van der Waals surface area contributed by atoms with Crippen LogP contribution in [0.4, 0.5) is 0 Å². The minimum Gasteiger partial charge on any atom is -0.354 e. The summed E-state index contributed by atoms with van der Waals surface area (Å²) in [6, 6.07) is 0.0396. The SMILES string of the molecule is CCC(C)CNC(=O)C1CC(C)CCN1. The second kappa shape index (κ2) is 6.11. The van der Waals surface area contributed by atoms with Crippen molar-refractivity contribution in [3.8, 4) is 0 Å². The fourth-order valence-corrected chi connectivity index (χ4v) is 1.85. The highest BCUT2D eigenvalue weighted by atomic mass is 16.2. The van der Waals surface area contributed by atoms with Crippen LogP contribution in [0.2, 0.25) is 0 Å². The van der Waals surface area contributed by atoms with Gasteiger partial charge in [0, 0.05) is 6.54 Å². The van der Waals surface area contributed by atoms with E-state index in [1.54, 1.807) is 0 Å². The fraction of sp³-hybridized carbons (Fsp3) is 0.917. The highest BCUT2D eigenvalue weighted by molar-refractivity contribution is 5.81. The molecule has 1 aliphatic heterocycles. The standard InChI is InChI=1S/C12H24N2O/c1-4-9(2)8-14-12(15)11-7-10(3)5-6-13-11/h9-11,13H,4-8H2,1-3H3,(H,14,15). The van der Waals surface area contributed by atoms with E-state index < -0.39 is 0 Å². The fourth-order valence-electron chi connectivity index (χ4n) is 1.85. The van der Waals surface area contributed by atoms with Gasteiger partial charge in [0.15, 0.2) is 0 Å². The maximum atomic E-state index is 11.8. The van der Waals surface area contributed by atoms with Crippen molar-refractivity contribution in [1.82, 2.24) is 10.6 Å². The first-order chi connectivity index (χ1) is 7.13. The summed E-state index contributed by atoms with van der Waals surface area (Å²) in [6.45, 7) is 8.31. The lowest BCUT2D eigenvalue weighted by Gasteiger charge is -2.27. The smallest absolute Gasteiger partial charge is 0.237 e. The molecule has 15 heavy (non-hydrogen) atoms. The second-order valence-electron chi connectivity index (χ2n) is 4.89. The number of carbonyl (C=O) groups is 1. The van der Waals surface area contributed by atoms with Crippen molar-refractivity contribution in [2.24, 2.45) is 11.8 Å². The molecule has 3 atom stereocenters. The Morgan fingerprint density at radius 3 is 2.93 bits per heavy atom. The first-order valence-electron chi connectivity index (χ1n) is 6.14. The van der Waals surface area contributed by atoms with Crippen LogP contribution in [0.5, 0.6) is 0 Å². The Labute approximate surface area is 93.0 Å². The van der Waals surface area contributed by atoms with Crippen LogP contribution >= 0.6 is 0 Å². The number of hydrogen-bond donors (Lipinski definition) is 2. The van der Waals surface area contributed by atoms with Gasteiger partial charge in [0.25, 0.3) is 0 Å². The predicted molar refractivity (Wildman–Crippen MR) is 62.7 cm³/mol. The van der Waals surface area contributed by atoms with E-state index in [2.05, 4.69) is 31.4 Å². The lowest BCUT2D eigenvalue weighted by molar-refractivity contribution is -0.124. The van der Waals surface area contributed by atoms with Gasteiger partial charge in [-0.15, -0.1) is 0 Å². The number of carbonyl (C=O) groups excluding carboxylic acids is 1. The molecule has 88 valence electrons. The minimum atomic E-state index is 0.0396. The van der Waals surface area contributed by atoms with E-state index >= 15 is 0 Å².